The number of anilines is 1. The van der Waals surface area contributed by atoms with Crippen LogP contribution in [0.4, 0.5) is 5.82 Å². The Bertz CT molecular complexity index is 539. The summed E-state index contributed by atoms with van der Waals surface area (Å²) in [6, 6.07) is 7.06. The SMILES string of the molecule is CC(C)(C)c1ccc(O)c(-c2cc(N)no2)c1. The quantitative estimate of drug-likeness (QED) is 0.792. The predicted octanol–water partition coefficient (Wildman–Crippen LogP) is 2.93. The van der Waals surface area contributed by atoms with Gasteiger partial charge in [0, 0.05) is 6.07 Å². The Hall–Kier alpha value is -1.97. The molecule has 2 aromatic rings. The van der Waals surface area contributed by atoms with Gasteiger partial charge in [0.2, 0.25) is 0 Å². The number of phenolic OH excluding ortho intramolecular Hbond substituents is 1. The molecule has 0 aliphatic rings. The van der Waals surface area contributed by atoms with Crippen LogP contribution in [0.25, 0.3) is 11.3 Å². The van der Waals surface area contributed by atoms with Crippen molar-refractivity contribution < 1.29 is 9.63 Å². The molecule has 0 saturated heterocycles. The summed E-state index contributed by atoms with van der Waals surface area (Å²) >= 11 is 0. The van der Waals surface area contributed by atoms with Crippen molar-refractivity contribution in [3.63, 3.8) is 0 Å². The van der Waals surface area contributed by atoms with Crippen LogP contribution in [0.2, 0.25) is 0 Å². The summed E-state index contributed by atoms with van der Waals surface area (Å²) in [7, 11) is 0. The summed E-state index contributed by atoms with van der Waals surface area (Å²) in [5.41, 5.74) is 7.24. The summed E-state index contributed by atoms with van der Waals surface area (Å²) < 4.78 is 5.06. The molecule has 2 rings (SSSR count). The molecule has 0 radical (unpaired) electrons. The van der Waals surface area contributed by atoms with Crippen molar-refractivity contribution in [3.05, 3.63) is 29.8 Å². The minimum atomic E-state index is 0.00795. The Morgan fingerprint density at radius 3 is 2.47 bits per heavy atom. The number of hydrogen-bond donors (Lipinski definition) is 2. The van der Waals surface area contributed by atoms with Gasteiger partial charge in [-0.25, -0.2) is 0 Å². The Morgan fingerprint density at radius 2 is 1.94 bits per heavy atom. The summed E-state index contributed by atoms with van der Waals surface area (Å²) in [4.78, 5) is 0. The number of nitrogens with two attached hydrogens (primary N) is 1. The highest BCUT2D eigenvalue weighted by atomic mass is 16.5. The molecule has 0 aliphatic carbocycles. The lowest BCUT2D eigenvalue weighted by molar-refractivity contribution is 0.428. The van der Waals surface area contributed by atoms with E-state index >= 15 is 0 Å². The van der Waals surface area contributed by atoms with E-state index in [4.69, 9.17) is 10.3 Å². The molecule has 17 heavy (non-hydrogen) atoms. The highest BCUT2D eigenvalue weighted by molar-refractivity contribution is 5.68. The molecule has 3 N–H and O–H groups in total. The fourth-order valence-corrected chi connectivity index (χ4v) is 1.62. The normalized spacial score (nSPS) is 11.7. The monoisotopic (exact) mass is 232 g/mol. The van der Waals surface area contributed by atoms with Crippen LogP contribution in [0.5, 0.6) is 5.75 Å². The molecule has 90 valence electrons. The van der Waals surface area contributed by atoms with Gasteiger partial charge in [0.15, 0.2) is 11.6 Å². The van der Waals surface area contributed by atoms with Crippen molar-refractivity contribution >= 4 is 5.82 Å². The molecular weight excluding hydrogens is 216 g/mol. The topological polar surface area (TPSA) is 72.3 Å². The van der Waals surface area contributed by atoms with Crippen LogP contribution >= 0.6 is 0 Å². The van der Waals surface area contributed by atoms with E-state index in [9.17, 15) is 5.11 Å². The van der Waals surface area contributed by atoms with Gasteiger partial charge >= 0.3 is 0 Å². The molecule has 0 unspecified atom stereocenters. The van der Waals surface area contributed by atoms with Crippen LogP contribution in [0, 0.1) is 0 Å². The third-order valence-corrected chi connectivity index (χ3v) is 2.66. The molecular formula is C13H16N2O2. The average Bonchev–Trinajstić information content (AvgIpc) is 2.63. The maximum absolute atomic E-state index is 9.83. The largest absolute Gasteiger partial charge is 0.507 e. The van der Waals surface area contributed by atoms with Gasteiger partial charge in [-0.05, 0) is 23.1 Å². The molecule has 0 amide bonds. The van der Waals surface area contributed by atoms with Crippen LogP contribution in [0.15, 0.2) is 28.8 Å². The lowest BCUT2D eigenvalue weighted by Gasteiger charge is -2.19. The van der Waals surface area contributed by atoms with E-state index in [1.807, 2.05) is 12.1 Å². The van der Waals surface area contributed by atoms with E-state index in [-0.39, 0.29) is 11.2 Å². The van der Waals surface area contributed by atoms with Gasteiger partial charge in [-0.3, -0.25) is 0 Å². The van der Waals surface area contributed by atoms with Gasteiger partial charge in [0.25, 0.3) is 0 Å². The van der Waals surface area contributed by atoms with Crippen molar-refractivity contribution in [2.24, 2.45) is 0 Å². The fourth-order valence-electron chi connectivity index (χ4n) is 1.62. The van der Waals surface area contributed by atoms with Crippen LogP contribution in [-0.2, 0) is 5.41 Å². The third kappa shape index (κ3) is 2.25. The van der Waals surface area contributed by atoms with Gasteiger partial charge in [0.1, 0.15) is 5.75 Å². The van der Waals surface area contributed by atoms with Gasteiger partial charge in [-0.15, -0.1) is 0 Å². The Labute approximate surface area is 100 Å². The molecule has 4 heteroatoms. The standard InChI is InChI=1S/C13H16N2O2/c1-13(2,3)8-4-5-10(16)9(6-8)11-7-12(14)15-17-11/h4-7,16H,1-3H3,(H2,14,15). The van der Waals surface area contributed by atoms with Crippen LogP contribution in [0.3, 0.4) is 0 Å². The minimum absolute atomic E-state index is 0.00795. The van der Waals surface area contributed by atoms with Gasteiger partial charge in [-0.2, -0.15) is 0 Å². The van der Waals surface area contributed by atoms with E-state index in [0.717, 1.165) is 5.56 Å². The number of phenols is 1. The highest BCUT2D eigenvalue weighted by Crippen LogP contribution is 2.34. The summed E-state index contributed by atoms with van der Waals surface area (Å²) in [5.74, 6) is 0.945. The first-order valence-electron chi connectivity index (χ1n) is 5.44. The maximum Gasteiger partial charge on any atom is 0.172 e. The molecule has 0 fully saturated rings. The number of rotatable bonds is 1. The maximum atomic E-state index is 9.83. The first kappa shape index (κ1) is 11.5. The molecule has 0 saturated carbocycles. The third-order valence-electron chi connectivity index (χ3n) is 2.66. The summed E-state index contributed by atoms with van der Waals surface area (Å²) in [6.45, 7) is 6.33. The van der Waals surface area contributed by atoms with Crippen LogP contribution in [0.1, 0.15) is 26.3 Å². The van der Waals surface area contributed by atoms with E-state index in [0.29, 0.717) is 17.1 Å². The Morgan fingerprint density at radius 1 is 1.24 bits per heavy atom. The molecule has 1 aromatic carbocycles. The number of benzene rings is 1. The lowest BCUT2D eigenvalue weighted by atomic mass is 9.86. The molecule has 0 aliphatic heterocycles. The molecule has 0 bridgehead atoms. The number of nitrogens with zero attached hydrogens (tertiary/aromatic N) is 1. The van der Waals surface area contributed by atoms with Crippen molar-refractivity contribution in [2.45, 2.75) is 26.2 Å². The average molecular weight is 232 g/mol. The van der Waals surface area contributed by atoms with Gasteiger partial charge < -0.3 is 15.4 Å². The van der Waals surface area contributed by atoms with Gasteiger partial charge in [-0.1, -0.05) is 32.0 Å². The van der Waals surface area contributed by atoms with Crippen molar-refractivity contribution in [2.75, 3.05) is 5.73 Å². The van der Waals surface area contributed by atoms with Crippen LogP contribution < -0.4 is 5.73 Å². The zero-order valence-electron chi connectivity index (χ0n) is 10.2. The number of aromatic hydroxyl groups is 1. The minimum Gasteiger partial charge on any atom is -0.507 e. The number of nitrogen functional groups attached to an aromatic ring is 1. The van der Waals surface area contributed by atoms with Crippen molar-refractivity contribution in [3.8, 4) is 17.1 Å². The Balaban J connectivity index is 2.54. The summed E-state index contributed by atoms with van der Waals surface area (Å²) in [5, 5.41) is 13.5. The molecule has 0 atom stereocenters. The summed E-state index contributed by atoms with van der Waals surface area (Å²) in [6.07, 6.45) is 0. The molecule has 4 nitrogen and oxygen atoms in total. The van der Waals surface area contributed by atoms with Crippen molar-refractivity contribution in [1.82, 2.24) is 5.16 Å². The molecule has 1 aromatic heterocycles. The first-order valence-corrected chi connectivity index (χ1v) is 5.44. The van der Waals surface area contributed by atoms with Crippen molar-refractivity contribution in [1.29, 1.82) is 0 Å². The zero-order chi connectivity index (χ0) is 12.6. The second-order valence-electron chi connectivity index (χ2n) is 5.10. The Kier molecular flexibility index (Phi) is 2.58. The van der Waals surface area contributed by atoms with Crippen LogP contribution in [-0.4, -0.2) is 10.3 Å². The number of aromatic nitrogens is 1. The zero-order valence-corrected chi connectivity index (χ0v) is 10.2. The van der Waals surface area contributed by atoms with Gasteiger partial charge in [0.05, 0.1) is 5.56 Å². The number of hydrogen-bond acceptors (Lipinski definition) is 4. The smallest absolute Gasteiger partial charge is 0.172 e. The van der Waals surface area contributed by atoms with E-state index in [1.165, 1.54) is 0 Å². The highest BCUT2D eigenvalue weighted by Gasteiger charge is 2.17. The second-order valence-corrected chi connectivity index (χ2v) is 5.10. The first-order chi connectivity index (χ1) is 7.88. The molecule has 1 heterocycles. The lowest BCUT2D eigenvalue weighted by Crippen LogP contribution is -2.10. The second kappa shape index (κ2) is 3.80. The van der Waals surface area contributed by atoms with E-state index in [1.54, 1.807) is 12.1 Å². The van der Waals surface area contributed by atoms with E-state index < -0.39 is 0 Å². The predicted molar refractivity (Wildman–Crippen MR) is 66.7 cm³/mol. The van der Waals surface area contributed by atoms with E-state index in [2.05, 4.69) is 25.9 Å². The molecule has 0 spiro atoms. The fraction of sp³-hybridized carbons (Fsp3) is 0.308.